The smallest absolute Gasteiger partial charge is 0.141 e. The van der Waals surface area contributed by atoms with Crippen LogP contribution in [0.15, 0.2) is 47.6 Å². The average Bonchev–Trinajstić information content (AvgIpc) is 3.54. The third-order valence-electron chi connectivity index (χ3n) is 9.84. The van der Waals surface area contributed by atoms with Crippen LogP contribution in [0.2, 0.25) is 0 Å². The summed E-state index contributed by atoms with van der Waals surface area (Å²) in [6.07, 6.45) is 19.6. The molecule has 0 aromatic heterocycles. The number of hydrogen-bond acceptors (Lipinski definition) is 3. The molecule has 0 heterocycles. The third-order valence-corrected chi connectivity index (χ3v) is 9.84. The lowest BCUT2D eigenvalue weighted by molar-refractivity contribution is -0.127. The monoisotopic (exact) mass is 466 g/mol. The fraction of sp³-hybridized carbons (Fsp3) is 0.710. The number of allylic oxidation sites excluding steroid dienone is 5. The number of Topliss-reactive ketones (excluding diaryl/α,β-unsaturated/α-hetero) is 1. The van der Waals surface area contributed by atoms with Gasteiger partial charge in [-0.25, -0.2) is 0 Å². The summed E-state index contributed by atoms with van der Waals surface area (Å²) in [6, 6.07) is 0. The zero-order chi connectivity index (χ0) is 24.5. The molecule has 2 N–H and O–H groups in total. The summed E-state index contributed by atoms with van der Waals surface area (Å²) in [5.41, 5.74) is 3.79. The molecule has 0 bridgehead atoms. The summed E-state index contributed by atoms with van der Waals surface area (Å²) in [5.74, 6) is 1.86. The van der Waals surface area contributed by atoms with Crippen LogP contribution >= 0.6 is 0 Å². The van der Waals surface area contributed by atoms with Crippen LogP contribution < -0.4 is 0 Å². The molecule has 0 aromatic carbocycles. The second-order valence-electron chi connectivity index (χ2n) is 12.0. The quantitative estimate of drug-likeness (QED) is 0.384. The lowest BCUT2D eigenvalue weighted by atomic mass is 9.61. The highest BCUT2D eigenvalue weighted by Crippen LogP contribution is 2.59. The van der Waals surface area contributed by atoms with E-state index >= 15 is 0 Å². The van der Waals surface area contributed by atoms with Crippen molar-refractivity contribution in [2.75, 3.05) is 0 Å². The van der Waals surface area contributed by atoms with Gasteiger partial charge in [-0.1, -0.05) is 62.8 Å². The van der Waals surface area contributed by atoms with Gasteiger partial charge in [-0.15, -0.1) is 0 Å². The third kappa shape index (κ3) is 4.93. The van der Waals surface area contributed by atoms with Crippen molar-refractivity contribution in [3.63, 3.8) is 0 Å². The van der Waals surface area contributed by atoms with Gasteiger partial charge in [0, 0.05) is 6.42 Å². The highest BCUT2D eigenvalue weighted by molar-refractivity contribution is 5.88. The molecule has 0 aromatic rings. The number of hydrogen-bond donors (Lipinski definition) is 2. The van der Waals surface area contributed by atoms with Gasteiger partial charge >= 0.3 is 0 Å². The normalized spacial score (nSPS) is 37.2. The van der Waals surface area contributed by atoms with E-state index in [1.165, 1.54) is 43.3 Å². The van der Waals surface area contributed by atoms with Crippen molar-refractivity contribution < 1.29 is 15.0 Å². The molecule has 0 saturated heterocycles. The predicted octanol–water partition coefficient (Wildman–Crippen LogP) is 6.86. The summed E-state index contributed by atoms with van der Waals surface area (Å²) in [7, 11) is 0. The van der Waals surface area contributed by atoms with E-state index in [-0.39, 0.29) is 17.3 Å². The summed E-state index contributed by atoms with van der Waals surface area (Å²) in [5, 5.41) is 20.9. The van der Waals surface area contributed by atoms with Crippen molar-refractivity contribution in [3.8, 4) is 0 Å². The summed E-state index contributed by atoms with van der Waals surface area (Å²) in [4.78, 5) is 12.5. The highest BCUT2D eigenvalue weighted by Gasteiger charge is 2.54. The first-order valence-electron chi connectivity index (χ1n) is 13.9. The average molecular weight is 467 g/mol. The molecule has 0 spiro atoms. The number of rotatable bonds is 8. The van der Waals surface area contributed by atoms with Gasteiger partial charge in [0.1, 0.15) is 5.78 Å². The number of carbonyl (C=O) groups excluding carboxylic acids is 1. The maximum atomic E-state index is 12.5. The molecule has 0 unspecified atom stereocenters. The molecule has 188 valence electrons. The minimum Gasteiger partial charge on any atom is -0.393 e. The molecule has 6 atom stereocenters. The molecule has 4 aliphatic rings. The first kappa shape index (κ1) is 25.6. The number of aliphatic hydroxyl groups is 2. The molecule has 3 nitrogen and oxygen atoms in total. The summed E-state index contributed by atoms with van der Waals surface area (Å²) >= 11 is 0. The Kier molecular flexibility index (Phi) is 7.74. The summed E-state index contributed by atoms with van der Waals surface area (Å²) in [6.45, 7) is 11.1. The van der Waals surface area contributed by atoms with Crippen LogP contribution in [0.4, 0.5) is 0 Å². The van der Waals surface area contributed by atoms with Crippen LogP contribution in [0.3, 0.4) is 0 Å². The van der Waals surface area contributed by atoms with E-state index in [2.05, 4.69) is 38.7 Å². The van der Waals surface area contributed by atoms with Gasteiger partial charge in [0.25, 0.3) is 0 Å². The zero-order valence-corrected chi connectivity index (χ0v) is 21.7. The largest absolute Gasteiger partial charge is 0.393 e. The lowest BCUT2D eigenvalue weighted by Crippen LogP contribution is -2.35. The van der Waals surface area contributed by atoms with Crippen LogP contribution in [0, 0.1) is 28.6 Å². The maximum absolute atomic E-state index is 12.5. The molecular weight excluding hydrogens is 420 g/mol. The minimum atomic E-state index is -0.633. The Morgan fingerprint density at radius 3 is 2.62 bits per heavy atom. The van der Waals surface area contributed by atoms with Crippen molar-refractivity contribution in [3.05, 3.63) is 47.6 Å². The lowest BCUT2D eigenvalue weighted by Gasteiger charge is -2.44. The van der Waals surface area contributed by atoms with Crippen LogP contribution in [-0.2, 0) is 4.79 Å². The van der Waals surface area contributed by atoms with Gasteiger partial charge in [0.15, 0.2) is 0 Å². The van der Waals surface area contributed by atoms with Gasteiger partial charge < -0.3 is 10.2 Å². The Hall–Kier alpha value is -1.45. The van der Waals surface area contributed by atoms with Crippen LogP contribution in [0.5, 0.6) is 0 Å². The van der Waals surface area contributed by atoms with Crippen molar-refractivity contribution in [1.29, 1.82) is 0 Å². The number of ketones is 1. The van der Waals surface area contributed by atoms with E-state index in [1.807, 2.05) is 13.0 Å². The second-order valence-corrected chi connectivity index (χ2v) is 12.0. The van der Waals surface area contributed by atoms with Crippen molar-refractivity contribution in [1.82, 2.24) is 0 Å². The molecule has 4 fully saturated rings. The Balaban J connectivity index is 1.45. The van der Waals surface area contributed by atoms with E-state index in [0.717, 1.165) is 38.5 Å². The van der Waals surface area contributed by atoms with E-state index in [1.54, 1.807) is 5.57 Å². The topological polar surface area (TPSA) is 57.5 Å². The zero-order valence-electron chi connectivity index (χ0n) is 21.7. The molecular formula is C31H46O3. The van der Waals surface area contributed by atoms with Gasteiger partial charge in [-0.3, -0.25) is 4.79 Å². The molecule has 4 saturated carbocycles. The maximum Gasteiger partial charge on any atom is 0.141 e. The Morgan fingerprint density at radius 1 is 1.15 bits per heavy atom. The second kappa shape index (κ2) is 10.3. The molecule has 0 amide bonds. The molecule has 34 heavy (non-hydrogen) atoms. The van der Waals surface area contributed by atoms with E-state index in [0.29, 0.717) is 24.2 Å². The fourth-order valence-electron chi connectivity index (χ4n) is 7.49. The molecule has 4 rings (SSSR count). The number of fused-ring (bicyclic) bond motifs is 1. The molecule has 3 heteroatoms. The van der Waals surface area contributed by atoms with E-state index in [9.17, 15) is 15.0 Å². The van der Waals surface area contributed by atoms with Crippen LogP contribution in [-0.4, -0.2) is 28.2 Å². The molecule has 0 aliphatic heterocycles. The SMILES string of the molecule is C=C1CC[C@H](O)C/C1=C/C=C1\CCC[C@]2(C)[C@@H]([C@H](C)/C=C/[C@H](O)C3(C(=O)CCC)CC3)CC[C@@H]12. The van der Waals surface area contributed by atoms with Crippen molar-refractivity contribution >= 4 is 5.78 Å². The molecule has 0 radical (unpaired) electrons. The number of carbonyl (C=O) groups is 1. The van der Waals surface area contributed by atoms with Crippen LogP contribution in [0.25, 0.3) is 0 Å². The van der Waals surface area contributed by atoms with Crippen molar-refractivity contribution in [2.45, 2.75) is 110 Å². The van der Waals surface area contributed by atoms with Gasteiger partial charge in [0.05, 0.1) is 17.6 Å². The highest BCUT2D eigenvalue weighted by atomic mass is 16.3. The summed E-state index contributed by atoms with van der Waals surface area (Å²) < 4.78 is 0. The fourth-order valence-corrected chi connectivity index (χ4v) is 7.49. The number of aliphatic hydroxyl groups excluding tert-OH is 2. The standard InChI is InChI=1S/C31H46O3/c1-5-7-28(33)31(18-19-31)29(34)16-10-22(3)26-14-15-27-23(8-6-17-30(26,27)4)11-12-24-20-25(32)13-9-21(24)2/h10-12,16,22,25-27,29,32,34H,2,5-9,13-15,17-20H2,1,3-4H3/b16-10+,23-11+,24-12-/t22-,25+,26-,27+,29+,30-/m1/s1. The molecule has 4 aliphatic carbocycles. The van der Waals surface area contributed by atoms with Gasteiger partial charge in [-0.2, -0.15) is 0 Å². The Morgan fingerprint density at radius 2 is 1.91 bits per heavy atom. The van der Waals surface area contributed by atoms with E-state index in [4.69, 9.17) is 0 Å². The van der Waals surface area contributed by atoms with E-state index < -0.39 is 11.5 Å². The minimum absolute atomic E-state index is 0.224. The van der Waals surface area contributed by atoms with Gasteiger partial charge in [0.2, 0.25) is 0 Å². The van der Waals surface area contributed by atoms with Gasteiger partial charge in [-0.05, 0) is 99.4 Å². The first-order chi connectivity index (χ1) is 16.2. The Bertz CT molecular complexity index is 873. The Labute approximate surface area is 207 Å². The van der Waals surface area contributed by atoms with Crippen LogP contribution in [0.1, 0.15) is 97.8 Å². The predicted molar refractivity (Wildman–Crippen MR) is 139 cm³/mol. The first-order valence-corrected chi connectivity index (χ1v) is 13.9. The van der Waals surface area contributed by atoms with Crippen molar-refractivity contribution in [2.24, 2.45) is 28.6 Å².